The van der Waals surface area contributed by atoms with E-state index in [0.717, 1.165) is 44.0 Å². The van der Waals surface area contributed by atoms with Gasteiger partial charge in [-0.25, -0.2) is 4.98 Å². The Kier molecular flexibility index (Phi) is 8.82. The van der Waals surface area contributed by atoms with Gasteiger partial charge in [-0.05, 0) is 79.8 Å². The van der Waals surface area contributed by atoms with Crippen LogP contribution >= 0.6 is 23.1 Å². The Hall–Kier alpha value is -3.05. The molecule has 0 atom stereocenters. The lowest BCUT2D eigenvalue weighted by atomic mass is 9.97. The molecular weight excluding hydrogens is 669 g/mol. The van der Waals surface area contributed by atoms with E-state index < -0.39 is 7.14 Å². The van der Waals surface area contributed by atoms with E-state index in [1.54, 1.807) is 19.5 Å². The Morgan fingerprint density at radius 2 is 1.67 bits per heavy atom. The molecule has 0 saturated carbocycles. The average Bonchev–Trinajstić information content (AvgIpc) is 3.53. The van der Waals surface area contributed by atoms with Gasteiger partial charge in [0.2, 0.25) is 5.95 Å². The number of rotatable bonds is 7. The molecule has 0 radical (unpaired) electrons. The van der Waals surface area contributed by atoms with Crippen LogP contribution in [-0.2, 0) is 11.0 Å². The third kappa shape index (κ3) is 6.29. The molecule has 13 heteroatoms. The molecule has 0 spiro atoms. The SMILES string of the molecule is Cc1cc(Nc2ncc(Br)c(Nc3ccc4c(c3P(C)(C)=O)OCCO4)n2)c2c(c1N1CCC(N3CCN(C)CC3)CC1)CCO2. The summed E-state index contributed by atoms with van der Waals surface area (Å²) in [6, 6.07) is 6.53. The molecule has 4 aliphatic rings. The van der Waals surface area contributed by atoms with Gasteiger partial charge in [0.25, 0.3) is 0 Å². The number of fused-ring (bicyclic) bond motifs is 2. The Balaban J connectivity index is 1.11. The first kappa shape index (κ1) is 31.5. The maximum Gasteiger partial charge on any atom is 0.229 e. The van der Waals surface area contributed by atoms with E-state index in [1.165, 1.54) is 42.7 Å². The van der Waals surface area contributed by atoms with Gasteiger partial charge in [-0.2, -0.15) is 4.98 Å². The molecule has 0 bridgehead atoms. The Bertz CT molecular complexity index is 1670. The van der Waals surface area contributed by atoms with Crippen LogP contribution in [0.5, 0.6) is 17.2 Å². The highest BCUT2D eigenvalue weighted by molar-refractivity contribution is 9.10. The smallest absolute Gasteiger partial charge is 0.229 e. The van der Waals surface area contributed by atoms with Gasteiger partial charge >= 0.3 is 0 Å². The van der Waals surface area contributed by atoms with Crippen LogP contribution in [0.2, 0.25) is 0 Å². The first-order valence-corrected chi connectivity index (χ1v) is 19.6. The third-order valence-electron chi connectivity index (χ3n) is 9.44. The van der Waals surface area contributed by atoms with Crippen molar-refractivity contribution in [2.24, 2.45) is 0 Å². The monoisotopic (exact) mass is 711 g/mol. The summed E-state index contributed by atoms with van der Waals surface area (Å²) in [7, 11) is -0.526. The van der Waals surface area contributed by atoms with E-state index in [2.05, 4.69) is 66.3 Å². The number of aryl methyl sites for hydroxylation is 1. The molecule has 5 heterocycles. The Morgan fingerprint density at radius 1 is 0.935 bits per heavy atom. The number of halogens is 1. The predicted molar refractivity (Wildman–Crippen MR) is 188 cm³/mol. The van der Waals surface area contributed by atoms with Crippen molar-refractivity contribution in [1.82, 2.24) is 19.8 Å². The van der Waals surface area contributed by atoms with E-state index in [4.69, 9.17) is 19.2 Å². The number of nitrogens with zero attached hydrogens (tertiary/aromatic N) is 5. The molecule has 4 aliphatic heterocycles. The van der Waals surface area contributed by atoms with E-state index in [-0.39, 0.29) is 0 Å². The van der Waals surface area contributed by atoms with Crippen molar-refractivity contribution >= 4 is 57.2 Å². The molecule has 0 amide bonds. The van der Waals surface area contributed by atoms with Gasteiger partial charge in [0.05, 0.1) is 27.8 Å². The number of hydrogen-bond donors (Lipinski definition) is 2. The zero-order valence-corrected chi connectivity index (χ0v) is 29.5. The minimum absolute atomic E-state index is 0.411. The van der Waals surface area contributed by atoms with E-state index >= 15 is 0 Å². The maximum absolute atomic E-state index is 13.4. The third-order valence-corrected chi connectivity index (χ3v) is 11.5. The zero-order chi connectivity index (χ0) is 32.0. The first-order chi connectivity index (χ1) is 22.2. The van der Waals surface area contributed by atoms with E-state index in [0.29, 0.717) is 64.6 Å². The van der Waals surface area contributed by atoms with Crippen molar-refractivity contribution in [2.75, 3.05) is 95.0 Å². The number of piperazine rings is 1. The summed E-state index contributed by atoms with van der Waals surface area (Å²) < 4.78 is 32.0. The lowest BCUT2D eigenvalue weighted by Gasteiger charge is -2.43. The van der Waals surface area contributed by atoms with Gasteiger partial charge in [0.1, 0.15) is 31.9 Å². The van der Waals surface area contributed by atoms with Crippen molar-refractivity contribution in [3.63, 3.8) is 0 Å². The molecule has 46 heavy (non-hydrogen) atoms. The van der Waals surface area contributed by atoms with Crippen molar-refractivity contribution in [2.45, 2.75) is 32.2 Å². The summed E-state index contributed by atoms with van der Waals surface area (Å²) >= 11 is 3.59. The maximum atomic E-state index is 13.4. The average molecular weight is 713 g/mol. The topological polar surface area (TPSA) is 104 Å². The second kappa shape index (κ2) is 12.9. The molecule has 2 saturated heterocycles. The number of likely N-dealkylation sites (N-methyl/N-ethyl adjacent to an activating group) is 1. The van der Waals surface area contributed by atoms with Crippen molar-refractivity contribution in [3.05, 3.63) is 40.0 Å². The minimum Gasteiger partial charge on any atom is -0.491 e. The molecule has 2 N–H and O–H groups in total. The number of anilines is 5. The number of hydrogen-bond acceptors (Lipinski definition) is 11. The summed E-state index contributed by atoms with van der Waals surface area (Å²) in [5.74, 6) is 2.98. The molecule has 246 valence electrons. The lowest BCUT2D eigenvalue weighted by Crippen LogP contribution is -2.52. The summed E-state index contributed by atoms with van der Waals surface area (Å²) in [6.07, 6.45) is 4.98. The highest BCUT2D eigenvalue weighted by atomic mass is 79.9. The van der Waals surface area contributed by atoms with Crippen molar-refractivity contribution in [3.8, 4) is 17.2 Å². The molecule has 2 fully saturated rings. The molecule has 2 aromatic carbocycles. The van der Waals surface area contributed by atoms with Gasteiger partial charge < -0.3 is 39.2 Å². The molecule has 0 unspecified atom stereocenters. The van der Waals surface area contributed by atoms with Crippen LogP contribution in [0, 0.1) is 6.92 Å². The van der Waals surface area contributed by atoms with Crippen LogP contribution in [0.3, 0.4) is 0 Å². The van der Waals surface area contributed by atoms with Crippen LogP contribution < -0.4 is 35.0 Å². The normalized spacial score (nSPS) is 19.1. The number of ether oxygens (including phenoxy) is 3. The minimum atomic E-state index is -2.75. The summed E-state index contributed by atoms with van der Waals surface area (Å²) in [4.78, 5) is 17.1. The Morgan fingerprint density at radius 3 is 2.43 bits per heavy atom. The zero-order valence-electron chi connectivity index (χ0n) is 27.1. The second-order valence-electron chi connectivity index (χ2n) is 13.0. The van der Waals surface area contributed by atoms with Crippen LogP contribution in [0.4, 0.5) is 28.8 Å². The summed E-state index contributed by atoms with van der Waals surface area (Å²) in [6.45, 7) is 14.0. The fraction of sp³-hybridized carbons (Fsp3) is 0.515. The van der Waals surface area contributed by atoms with E-state index in [9.17, 15) is 4.57 Å². The fourth-order valence-corrected chi connectivity index (χ4v) is 8.85. The fourth-order valence-electron chi connectivity index (χ4n) is 7.18. The van der Waals surface area contributed by atoms with Crippen LogP contribution in [0.1, 0.15) is 24.0 Å². The summed E-state index contributed by atoms with van der Waals surface area (Å²) in [5, 5.41) is 7.43. The predicted octanol–water partition coefficient (Wildman–Crippen LogP) is 5.21. The molecule has 1 aromatic heterocycles. The molecule has 7 rings (SSSR count). The largest absolute Gasteiger partial charge is 0.491 e. The molecular formula is C33H43BrN7O4P. The Labute approximate surface area is 279 Å². The molecule has 0 aliphatic carbocycles. The van der Waals surface area contributed by atoms with Gasteiger partial charge in [-0.3, -0.25) is 4.90 Å². The van der Waals surface area contributed by atoms with Crippen LogP contribution in [0.15, 0.2) is 28.9 Å². The van der Waals surface area contributed by atoms with Crippen molar-refractivity contribution in [1.29, 1.82) is 0 Å². The number of piperidine rings is 1. The van der Waals surface area contributed by atoms with Crippen LogP contribution in [-0.4, -0.2) is 105 Å². The van der Waals surface area contributed by atoms with E-state index in [1.807, 2.05) is 12.1 Å². The van der Waals surface area contributed by atoms with Gasteiger partial charge in [0.15, 0.2) is 11.5 Å². The quantitative estimate of drug-likeness (QED) is 0.316. The first-order valence-electron chi connectivity index (χ1n) is 16.2. The van der Waals surface area contributed by atoms with Crippen molar-refractivity contribution < 1.29 is 18.8 Å². The highest BCUT2D eigenvalue weighted by Crippen LogP contribution is 2.47. The van der Waals surface area contributed by atoms with Crippen LogP contribution in [0.25, 0.3) is 0 Å². The number of benzene rings is 2. The van der Waals surface area contributed by atoms with Gasteiger partial charge in [-0.1, -0.05) is 0 Å². The summed E-state index contributed by atoms with van der Waals surface area (Å²) in [5.41, 5.74) is 5.33. The van der Waals surface area contributed by atoms with Gasteiger partial charge in [0, 0.05) is 69.2 Å². The highest BCUT2D eigenvalue weighted by Gasteiger charge is 2.32. The second-order valence-corrected chi connectivity index (χ2v) is 17.0. The standard InChI is InChI=1S/C33H43BrN7O4P/c1-21-19-26(29-23(9-16-44-29)28(21)41-10-7-22(8-11-41)40-14-12-39(2)13-15-40)37-33-35-20-24(34)32(38-33)36-25-5-6-27-30(45-18-17-43-27)31(25)46(3,4)42/h5-6,19-20,22H,7-18H2,1-4H3,(H2,35,36,37,38). The lowest BCUT2D eigenvalue weighted by molar-refractivity contribution is 0.0982. The molecule has 3 aromatic rings. The number of aromatic nitrogens is 2. The van der Waals surface area contributed by atoms with Gasteiger partial charge in [-0.15, -0.1) is 0 Å². The molecule has 11 nitrogen and oxygen atoms in total. The number of nitrogens with one attached hydrogen (secondary N) is 2.